The highest BCUT2D eigenvalue weighted by Crippen LogP contribution is 2.74. The first-order valence-electron chi connectivity index (χ1n) is 15.4. The molecule has 52 heavy (non-hydrogen) atoms. The van der Waals surface area contributed by atoms with E-state index in [1.54, 1.807) is 53.7 Å². The third kappa shape index (κ3) is 9.03. The summed E-state index contributed by atoms with van der Waals surface area (Å²) >= 11 is 0. The van der Waals surface area contributed by atoms with E-state index < -0.39 is 90.8 Å². The van der Waals surface area contributed by atoms with E-state index in [0.29, 0.717) is 0 Å². The fourth-order valence-electron chi connectivity index (χ4n) is 4.70. The smallest absolute Gasteiger partial charge is 0.344 e. The molecule has 0 saturated carbocycles. The third-order valence-corrected chi connectivity index (χ3v) is 11.8. The van der Waals surface area contributed by atoms with E-state index in [1.165, 1.54) is 66.7 Å². The van der Waals surface area contributed by atoms with Crippen LogP contribution in [0.5, 0.6) is 11.5 Å². The first kappa shape index (κ1) is 40.1. The van der Waals surface area contributed by atoms with Gasteiger partial charge in [0, 0.05) is 9.79 Å². The summed E-state index contributed by atoms with van der Waals surface area (Å²) in [5.41, 5.74) is -1.87. The Morgan fingerprint density at radius 2 is 0.904 bits per heavy atom. The molecule has 4 aromatic carbocycles. The highest BCUT2D eigenvalue weighted by molar-refractivity contribution is 8.33. The van der Waals surface area contributed by atoms with Crippen LogP contribution in [0.1, 0.15) is 41.5 Å². The van der Waals surface area contributed by atoms with Crippen LogP contribution in [0.4, 0.5) is 22.0 Å². The Hall–Kier alpha value is -4.67. The van der Waals surface area contributed by atoms with Gasteiger partial charge in [0.05, 0.1) is 0 Å². The minimum atomic E-state index is -5.98. The molecule has 0 radical (unpaired) electrons. The van der Waals surface area contributed by atoms with Crippen molar-refractivity contribution in [3.05, 3.63) is 108 Å². The average Bonchev–Trinajstić information content (AvgIpc) is 3.06. The molecule has 16 heteroatoms. The summed E-state index contributed by atoms with van der Waals surface area (Å²) in [6, 6.07) is 18.5. The molecule has 0 N–H and O–H groups in total. The molecule has 0 bridgehead atoms. The Balaban J connectivity index is 2.09. The Kier molecular flexibility index (Phi) is 12.0. The van der Waals surface area contributed by atoms with Crippen LogP contribution in [0.3, 0.4) is 0 Å². The van der Waals surface area contributed by atoms with Gasteiger partial charge in [-0.2, -0.15) is 8.42 Å². The van der Waals surface area contributed by atoms with Crippen LogP contribution in [-0.2, 0) is 32.8 Å². The van der Waals surface area contributed by atoms with Crippen LogP contribution in [0.25, 0.3) is 0 Å². The first-order chi connectivity index (χ1) is 24.2. The monoisotopic (exact) mass is 770 g/mol. The molecule has 0 aliphatic heterocycles. The molecule has 9 nitrogen and oxygen atoms in total. The number of hydrogen-bond donors (Lipinski definition) is 0. The number of carbonyl (C=O) groups excluding carboxylic acids is 2. The highest BCUT2D eigenvalue weighted by atomic mass is 32.3. The Bertz CT molecular complexity index is 1930. The maximum Gasteiger partial charge on any atom is 0.344 e. The Morgan fingerprint density at radius 3 is 1.27 bits per heavy atom. The standard InChI is InChI=1S/C36H35F5O9S2/c1-35(2,3)48-26(42)20-46-24-18-13-19-25(47-21-27(43)49-36(4,5)6)33(24)51(22-14-9-7-10-15-22,23-16-11-8-12-17-23)50-52(44,45)34-31(40)29(38)28(37)30(39)32(34)41/h7-19H,20-21H2,1-6H3. The van der Waals surface area contributed by atoms with Gasteiger partial charge in [-0.05, 0) is 88.2 Å². The molecule has 0 heterocycles. The summed E-state index contributed by atoms with van der Waals surface area (Å²) in [4.78, 5) is 23.0. The molecule has 0 aliphatic carbocycles. The number of halogens is 5. The summed E-state index contributed by atoms with van der Waals surface area (Å²) in [7, 11) is -10.0. The first-order valence-corrected chi connectivity index (χ1v) is 18.4. The molecular weight excluding hydrogens is 736 g/mol. The van der Waals surface area contributed by atoms with Crippen LogP contribution < -0.4 is 9.47 Å². The zero-order valence-electron chi connectivity index (χ0n) is 28.8. The van der Waals surface area contributed by atoms with Crippen LogP contribution in [0, 0.1) is 29.1 Å². The van der Waals surface area contributed by atoms with E-state index >= 15 is 8.78 Å². The fourth-order valence-corrected chi connectivity index (χ4v) is 10.2. The lowest BCUT2D eigenvalue weighted by Crippen LogP contribution is -2.28. The van der Waals surface area contributed by atoms with Crippen molar-refractivity contribution in [1.29, 1.82) is 0 Å². The number of benzene rings is 4. The predicted molar refractivity (Wildman–Crippen MR) is 179 cm³/mol. The van der Waals surface area contributed by atoms with E-state index in [-0.39, 0.29) is 26.2 Å². The molecule has 0 fully saturated rings. The van der Waals surface area contributed by atoms with Crippen molar-refractivity contribution < 1.29 is 62.5 Å². The molecule has 0 aromatic heterocycles. The molecule has 0 unspecified atom stereocenters. The average molecular weight is 771 g/mol. The summed E-state index contributed by atoms with van der Waals surface area (Å²) in [5, 5.41) is 0. The van der Waals surface area contributed by atoms with Crippen molar-refractivity contribution in [2.45, 2.75) is 72.3 Å². The van der Waals surface area contributed by atoms with Gasteiger partial charge >= 0.3 is 22.1 Å². The van der Waals surface area contributed by atoms with Gasteiger partial charge in [-0.3, -0.25) is 0 Å². The zero-order valence-corrected chi connectivity index (χ0v) is 30.4. The lowest BCUT2D eigenvalue weighted by Gasteiger charge is -2.40. The molecule has 0 atom stereocenters. The Labute approximate surface area is 299 Å². The fraction of sp³-hybridized carbons (Fsp3) is 0.278. The molecule has 0 saturated heterocycles. The van der Waals surface area contributed by atoms with E-state index in [0.717, 1.165) is 0 Å². The quantitative estimate of drug-likeness (QED) is 0.0606. The van der Waals surface area contributed by atoms with Gasteiger partial charge < -0.3 is 18.9 Å². The van der Waals surface area contributed by atoms with Crippen molar-refractivity contribution in [2.24, 2.45) is 0 Å². The number of ether oxygens (including phenoxy) is 4. The maximum absolute atomic E-state index is 15.2. The topological polar surface area (TPSA) is 114 Å². The van der Waals surface area contributed by atoms with Crippen molar-refractivity contribution in [2.75, 3.05) is 13.2 Å². The molecular formula is C36H35F5O9S2. The van der Waals surface area contributed by atoms with Crippen LogP contribution in [0.2, 0.25) is 0 Å². The van der Waals surface area contributed by atoms with E-state index in [2.05, 4.69) is 0 Å². The third-order valence-electron chi connectivity index (χ3n) is 6.52. The lowest BCUT2D eigenvalue weighted by atomic mass is 10.2. The molecule has 4 rings (SSSR count). The SMILES string of the molecule is CC(C)(C)OC(=O)COc1cccc(OCC(=O)OC(C)(C)C)c1S(OS(=O)(=O)c1c(F)c(F)c(F)c(F)c1F)(c1ccccc1)c1ccccc1. The van der Waals surface area contributed by atoms with Gasteiger partial charge in [-0.15, -0.1) is 0 Å². The van der Waals surface area contributed by atoms with E-state index in [1.807, 2.05) is 0 Å². The maximum atomic E-state index is 15.2. The minimum absolute atomic E-state index is 0.0101. The summed E-state index contributed by atoms with van der Waals surface area (Å²) < 4.78 is 130. The van der Waals surface area contributed by atoms with Crippen LogP contribution in [-0.4, -0.2) is 44.8 Å². The van der Waals surface area contributed by atoms with Crippen molar-refractivity contribution >= 4 is 32.4 Å². The van der Waals surface area contributed by atoms with Crippen LogP contribution >= 0.6 is 10.3 Å². The van der Waals surface area contributed by atoms with Gasteiger partial charge in [-0.25, -0.2) is 35.2 Å². The van der Waals surface area contributed by atoms with Gasteiger partial charge in [0.15, 0.2) is 41.4 Å². The highest BCUT2D eigenvalue weighted by Gasteiger charge is 2.46. The van der Waals surface area contributed by atoms with Crippen molar-refractivity contribution in [3.63, 3.8) is 0 Å². The van der Waals surface area contributed by atoms with E-state index in [9.17, 15) is 31.2 Å². The number of esters is 2. The second kappa shape index (κ2) is 15.5. The molecule has 280 valence electrons. The van der Waals surface area contributed by atoms with Crippen molar-refractivity contribution in [3.8, 4) is 11.5 Å². The predicted octanol–water partition coefficient (Wildman–Crippen LogP) is 8.43. The Morgan fingerprint density at radius 1 is 0.538 bits per heavy atom. The molecule has 0 amide bonds. The lowest BCUT2D eigenvalue weighted by molar-refractivity contribution is -0.158. The summed E-state index contributed by atoms with van der Waals surface area (Å²) in [6.45, 7) is 8.14. The normalized spacial score (nSPS) is 12.6. The largest absolute Gasteiger partial charge is 0.481 e. The van der Waals surface area contributed by atoms with Gasteiger partial charge in [-0.1, -0.05) is 42.5 Å². The second-order valence-corrected chi connectivity index (χ2v) is 17.3. The van der Waals surface area contributed by atoms with Gasteiger partial charge in [0.2, 0.25) is 5.82 Å². The number of carbonyl (C=O) groups is 2. The van der Waals surface area contributed by atoms with Gasteiger partial charge in [0.1, 0.15) is 27.6 Å². The number of hydrogen-bond acceptors (Lipinski definition) is 9. The van der Waals surface area contributed by atoms with Gasteiger partial charge in [0.25, 0.3) is 0 Å². The zero-order chi connectivity index (χ0) is 38.6. The second-order valence-electron chi connectivity index (χ2n) is 12.9. The minimum Gasteiger partial charge on any atom is -0.481 e. The molecule has 0 spiro atoms. The number of rotatable bonds is 12. The summed E-state index contributed by atoms with van der Waals surface area (Å²) in [5.74, 6) is -15.2. The molecule has 4 aromatic rings. The van der Waals surface area contributed by atoms with Crippen LogP contribution in [0.15, 0.2) is 98.4 Å². The summed E-state index contributed by atoms with van der Waals surface area (Å²) in [6.07, 6.45) is 0. The van der Waals surface area contributed by atoms with E-state index in [4.69, 9.17) is 22.6 Å². The molecule has 0 aliphatic rings. The van der Waals surface area contributed by atoms with Crippen molar-refractivity contribution in [1.82, 2.24) is 0 Å².